The number of hydrogen-bond donors (Lipinski definition) is 2. The maximum Gasteiger partial charge on any atom is 0.335 e. The highest BCUT2D eigenvalue weighted by atomic mass is 32.1. The van der Waals surface area contributed by atoms with Crippen LogP contribution in [0.5, 0.6) is 0 Å². The second-order valence-corrected chi connectivity index (χ2v) is 6.29. The van der Waals surface area contributed by atoms with Crippen LogP contribution in [0, 0.1) is 6.92 Å². The van der Waals surface area contributed by atoms with Crippen LogP contribution in [0.25, 0.3) is 11.3 Å². The van der Waals surface area contributed by atoms with Gasteiger partial charge in [-0.1, -0.05) is 42.5 Å². The van der Waals surface area contributed by atoms with E-state index in [4.69, 9.17) is 5.11 Å². The number of thiazole rings is 1. The van der Waals surface area contributed by atoms with Crippen LogP contribution in [-0.4, -0.2) is 22.3 Å². The minimum atomic E-state index is -0.941. The second-order valence-electron chi connectivity index (χ2n) is 5.09. The predicted molar refractivity (Wildman–Crippen MR) is 96.9 cm³/mol. The molecule has 2 N–H and O–H groups in total. The maximum atomic E-state index is 10.8. The molecule has 3 aromatic rings. The number of carbonyl (C=O) groups is 1. The van der Waals surface area contributed by atoms with Crippen LogP contribution in [0.1, 0.15) is 20.8 Å². The van der Waals surface area contributed by atoms with Crippen LogP contribution < -0.4 is 5.43 Å². The van der Waals surface area contributed by atoms with Gasteiger partial charge in [0.25, 0.3) is 0 Å². The Morgan fingerprint density at radius 1 is 1.17 bits per heavy atom. The average Bonchev–Trinajstić information content (AvgIpc) is 2.97. The number of anilines is 1. The minimum Gasteiger partial charge on any atom is -0.478 e. The third-order valence-electron chi connectivity index (χ3n) is 3.38. The fraction of sp³-hybridized carbons (Fsp3) is 0.0556. The predicted octanol–water partition coefficient (Wildman–Crippen LogP) is 4.26. The van der Waals surface area contributed by atoms with Crippen LogP contribution in [0.2, 0.25) is 0 Å². The van der Waals surface area contributed by atoms with Crippen molar-refractivity contribution in [2.45, 2.75) is 6.92 Å². The fourth-order valence-electron chi connectivity index (χ4n) is 2.18. The zero-order valence-corrected chi connectivity index (χ0v) is 13.7. The first kappa shape index (κ1) is 15.9. The lowest BCUT2D eigenvalue weighted by Crippen LogP contribution is -1.96. The van der Waals surface area contributed by atoms with Crippen molar-refractivity contribution in [3.8, 4) is 11.3 Å². The van der Waals surface area contributed by atoms with Gasteiger partial charge in [0.2, 0.25) is 5.13 Å². The standard InChI is InChI=1S/C18H15N3O2S/c1-12-16(14-5-3-2-4-6-14)20-18(24-12)21-19-11-13-7-9-15(10-8-13)17(22)23/h2-11H,1H3,(H,20,21)(H,22,23)/b19-11-. The molecule has 0 fully saturated rings. The van der Waals surface area contributed by atoms with Crippen LogP contribution in [-0.2, 0) is 0 Å². The molecule has 0 spiro atoms. The van der Waals surface area contributed by atoms with Gasteiger partial charge in [-0.2, -0.15) is 5.10 Å². The maximum absolute atomic E-state index is 10.8. The van der Waals surface area contributed by atoms with Gasteiger partial charge in [0.1, 0.15) is 0 Å². The Morgan fingerprint density at radius 3 is 2.54 bits per heavy atom. The van der Waals surface area contributed by atoms with Gasteiger partial charge in [-0.3, -0.25) is 5.43 Å². The fourth-order valence-corrected chi connectivity index (χ4v) is 2.97. The molecule has 1 heterocycles. The lowest BCUT2D eigenvalue weighted by atomic mass is 10.1. The number of carboxylic acids is 1. The van der Waals surface area contributed by atoms with E-state index in [2.05, 4.69) is 15.5 Å². The number of aromatic nitrogens is 1. The topological polar surface area (TPSA) is 74.6 Å². The van der Waals surface area contributed by atoms with Crippen LogP contribution in [0.4, 0.5) is 5.13 Å². The molecule has 1 aromatic heterocycles. The Kier molecular flexibility index (Phi) is 4.67. The number of benzene rings is 2. The smallest absolute Gasteiger partial charge is 0.335 e. The molecule has 24 heavy (non-hydrogen) atoms. The summed E-state index contributed by atoms with van der Waals surface area (Å²) in [6.07, 6.45) is 1.63. The number of carboxylic acid groups (broad SMARTS) is 1. The van der Waals surface area contributed by atoms with Gasteiger partial charge < -0.3 is 5.11 Å². The van der Waals surface area contributed by atoms with Crippen molar-refractivity contribution >= 4 is 28.7 Å². The summed E-state index contributed by atoms with van der Waals surface area (Å²) in [4.78, 5) is 16.5. The number of nitrogens with zero attached hydrogens (tertiary/aromatic N) is 2. The van der Waals surface area contributed by atoms with Crippen molar-refractivity contribution in [1.29, 1.82) is 0 Å². The number of aryl methyl sites for hydroxylation is 1. The SMILES string of the molecule is Cc1sc(N/N=C\c2ccc(C(=O)O)cc2)nc1-c1ccccc1. The Bertz CT molecular complexity index is 871. The molecular weight excluding hydrogens is 322 g/mol. The minimum absolute atomic E-state index is 0.253. The lowest BCUT2D eigenvalue weighted by molar-refractivity contribution is 0.0697. The number of rotatable bonds is 5. The van der Waals surface area contributed by atoms with E-state index in [1.165, 1.54) is 11.3 Å². The zero-order chi connectivity index (χ0) is 16.9. The number of aromatic carboxylic acids is 1. The van der Waals surface area contributed by atoms with Gasteiger partial charge in [-0.25, -0.2) is 9.78 Å². The van der Waals surface area contributed by atoms with E-state index >= 15 is 0 Å². The van der Waals surface area contributed by atoms with E-state index in [1.807, 2.05) is 37.3 Å². The van der Waals surface area contributed by atoms with E-state index in [1.54, 1.807) is 30.5 Å². The first-order chi connectivity index (χ1) is 11.6. The molecule has 0 radical (unpaired) electrons. The number of nitrogens with one attached hydrogen (secondary N) is 1. The molecular formula is C18H15N3O2S. The van der Waals surface area contributed by atoms with E-state index in [9.17, 15) is 4.79 Å². The van der Waals surface area contributed by atoms with Crippen molar-refractivity contribution in [2.24, 2.45) is 5.10 Å². The van der Waals surface area contributed by atoms with Gasteiger partial charge in [0, 0.05) is 10.4 Å². The largest absolute Gasteiger partial charge is 0.478 e. The quantitative estimate of drug-likeness (QED) is 0.539. The molecule has 2 aromatic carbocycles. The molecule has 0 amide bonds. The summed E-state index contributed by atoms with van der Waals surface area (Å²) < 4.78 is 0. The summed E-state index contributed by atoms with van der Waals surface area (Å²) in [6, 6.07) is 16.5. The van der Waals surface area contributed by atoms with Crippen molar-refractivity contribution in [3.63, 3.8) is 0 Å². The Morgan fingerprint density at radius 2 is 1.88 bits per heavy atom. The molecule has 0 bridgehead atoms. The first-order valence-electron chi connectivity index (χ1n) is 7.29. The third-order valence-corrected chi connectivity index (χ3v) is 4.25. The van der Waals surface area contributed by atoms with Crippen molar-refractivity contribution < 1.29 is 9.90 Å². The van der Waals surface area contributed by atoms with Crippen LogP contribution >= 0.6 is 11.3 Å². The second kappa shape index (κ2) is 7.06. The molecule has 0 unspecified atom stereocenters. The molecule has 6 heteroatoms. The van der Waals surface area contributed by atoms with Crippen molar-refractivity contribution in [2.75, 3.05) is 5.43 Å². The molecule has 120 valence electrons. The average molecular weight is 337 g/mol. The van der Waals surface area contributed by atoms with Gasteiger partial charge in [0.15, 0.2) is 0 Å². The Labute approximate surface area is 143 Å². The number of hydrogen-bond acceptors (Lipinski definition) is 5. The van der Waals surface area contributed by atoms with Crippen molar-refractivity contribution in [1.82, 2.24) is 4.98 Å². The summed E-state index contributed by atoms with van der Waals surface area (Å²) in [5.41, 5.74) is 6.01. The molecule has 0 saturated heterocycles. The summed E-state index contributed by atoms with van der Waals surface area (Å²) in [5.74, 6) is -0.941. The highest BCUT2D eigenvalue weighted by Gasteiger charge is 2.08. The van der Waals surface area contributed by atoms with Gasteiger partial charge in [-0.15, -0.1) is 11.3 Å². The Hall–Kier alpha value is -2.99. The van der Waals surface area contributed by atoms with E-state index in [0.717, 1.165) is 21.7 Å². The summed E-state index contributed by atoms with van der Waals surface area (Å²) in [7, 11) is 0. The molecule has 0 aliphatic carbocycles. The molecule has 0 aliphatic rings. The van der Waals surface area contributed by atoms with Crippen molar-refractivity contribution in [3.05, 3.63) is 70.6 Å². The highest BCUT2D eigenvalue weighted by molar-refractivity contribution is 7.15. The zero-order valence-electron chi connectivity index (χ0n) is 12.9. The lowest BCUT2D eigenvalue weighted by Gasteiger charge is -1.97. The van der Waals surface area contributed by atoms with Gasteiger partial charge in [0.05, 0.1) is 17.5 Å². The van der Waals surface area contributed by atoms with E-state index in [0.29, 0.717) is 5.13 Å². The molecule has 3 rings (SSSR count). The molecule has 0 atom stereocenters. The highest BCUT2D eigenvalue weighted by Crippen LogP contribution is 2.30. The summed E-state index contributed by atoms with van der Waals surface area (Å²) in [5, 5.41) is 13.7. The summed E-state index contributed by atoms with van der Waals surface area (Å²) >= 11 is 1.54. The van der Waals surface area contributed by atoms with E-state index in [-0.39, 0.29) is 5.56 Å². The third kappa shape index (κ3) is 3.67. The van der Waals surface area contributed by atoms with E-state index < -0.39 is 5.97 Å². The monoisotopic (exact) mass is 337 g/mol. The Balaban J connectivity index is 1.70. The summed E-state index contributed by atoms with van der Waals surface area (Å²) in [6.45, 7) is 2.03. The molecule has 0 aliphatic heterocycles. The number of hydrazone groups is 1. The van der Waals surface area contributed by atoms with Crippen LogP contribution in [0.3, 0.4) is 0 Å². The van der Waals surface area contributed by atoms with Crippen LogP contribution in [0.15, 0.2) is 59.7 Å². The van der Waals surface area contributed by atoms with Gasteiger partial charge >= 0.3 is 5.97 Å². The van der Waals surface area contributed by atoms with Gasteiger partial charge in [-0.05, 0) is 24.6 Å². The normalized spacial score (nSPS) is 10.9. The molecule has 0 saturated carbocycles. The molecule has 5 nitrogen and oxygen atoms in total. The first-order valence-corrected chi connectivity index (χ1v) is 8.10.